The minimum Gasteiger partial charge on any atom is -0.468 e. The lowest BCUT2D eigenvalue weighted by molar-refractivity contribution is -0.157. The maximum atomic E-state index is 12.5. The third-order valence-electron chi connectivity index (χ3n) is 3.13. The van der Waals surface area contributed by atoms with Crippen LogP contribution in [0.1, 0.15) is 12.8 Å². The van der Waals surface area contributed by atoms with Crippen molar-refractivity contribution < 1.29 is 18.3 Å². The quantitative estimate of drug-likeness (QED) is 0.647. The van der Waals surface area contributed by atoms with Crippen LogP contribution < -0.4 is 5.32 Å². The van der Waals surface area contributed by atoms with E-state index >= 15 is 0 Å². The van der Waals surface area contributed by atoms with Crippen LogP contribution in [0.25, 0.3) is 0 Å². The van der Waals surface area contributed by atoms with Crippen LogP contribution in [0.5, 0.6) is 0 Å². The summed E-state index contributed by atoms with van der Waals surface area (Å²) in [6, 6.07) is 0. The highest BCUT2D eigenvalue weighted by molar-refractivity contribution is 5.83. The number of rotatable bonds is 2. The van der Waals surface area contributed by atoms with Gasteiger partial charge in [-0.1, -0.05) is 0 Å². The van der Waals surface area contributed by atoms with Crippen LogP contribution in [0.15, 0.2) is 0 Å². The molecule has 5 heteroatoms. The lowest BCUT2D eigenvalue weighted by atomic mass is 9.62. The van der Waals surface area contributed by atoms with E-state index < -0.39 is 23.3 Å². The average molecular weight is 191 g/mol. The Balaban J connectivity index is 2.10. The SMILES string of the molecule is COC(=O)C12CC(C(F)F)(CN1)C2. The summed E-state index contributed by atoms with van der Waals surface area (Å²) in [5, 5.41) is 2.83. The highest BCUT2D eigenvalue weighted by atomic mass is 19.3. The number of alkyl halides is 2. The minimum absolute atomic E-state index is 0.213. The number of fused-ring (bicyclic) bond motifs is 1. The van der Waals surface area contributed by atoms with Crippen LogP contribution in [-0.4, -0.2) is 31.6 Å². The summed E-state index contributed by atoms with van der Waals surface area (Å²) < 4.78 is 29.6. The molecule has 2 heterocycles. The van der Waals surface area contributed by atoms with Gasteiger partial charge in [0, 0.05) is 12.0 Å². The molecule has 2 saturated heterocycles. The van der Waals surface area contributed by atoms with Crippen molar-refractivity contribution in [2.24, 2.45) is 5.41 Å². The van der Waals surface area contributed by atoms with E-state index in [1.165, 1.54) is 7.11 Å². The number of esters is 1. The maximum Gasteiger partial charge on any atom is 0.326 e. The predicted molar refractivity (Wildman–Crippen MR) is 40.4 cm³/mol. The van der Waals surface area contributed by atoms with Crippen LogP contribution >= 0.6 is 0 Å². The summed E-state index contributed by atoms with van der Waals surface area (Å²) in [7, 11) is 1.28. The molecule has 2 bridgehead atoms. The Labute approximate surface area is 74.4 Å². The Bertz CT molecular complexity index is 249. The molecular formula is C8H11F2NO2. The molecule has 3 nitrogen and oxygen atoms in total. The molecule has 1 aliphatic carbocycles. The molecule has 0 aromatic heterocycles. The number of carbonyl (C=O) groups excluding carboxylic acids is 1. The van der Waals surface area contributed by atoms with E-state index in [-0.39, 0.29) is 19.4 Å². The first kappa shape index (κ1) is 8.87. The molecule has 3 rings (SSSR count). The average Bonchev–Trinajstić information content (AvgIpc) is 2.57. The second kappa shape index (κ2) is 2.41. The zero-order valence-corrected chi connectivity index (χ0v) is 7.27. The molecule has 74 valence electrons. The molecule has 0 atom stereocenters. The molecule has 1 saturated carbocycles. The molecular weight excluding hydrogens is 180 g/mol. The zero-order valence-electron chi connectivity index (χ0n) is 7.27. The first-order valence-electron chi connectivity index (χ1n) is 4.16. The van der Waals surface area contributed by atoms with Crippen molar-refractivity contribution in [1.82, 2.24) is 5.32 Å². The molecule has 0 aromatic rings. The van der Waals surface area contributed by atoms with E-state index in [2.05, 4.69) is 10.1 Å². The fourth-order valence-electron chi connectivity index (χ4n) is 2.39. The Hall–Kier alpha value is -0.710. The number of hydrogen-bond donors (Lipinski definition) is 1. The molecule has 1 N–H and O–H groups in total. The van der Waals surface area contributed by atoms with E-state index in [0.29, 0.717) is 0 Å². The smallest absolute Gasteiger partial charge is 0.326 e. The van der Waals surface area contributed by atoms with E-state index in [1.807, 2.05) is 0 Å². The van der Waals surface area contributed by atoms with E-state index in [1.54, 1.807) is 0 Å². The number of methoxy groups -OCH3 is 1. The summed E-state index contributed by atoms with van der Waals surface area (Å²) >= 11 is 0. The molecule has 0 spiro atoms. The summed E-state index contributed by atoms with van der Waals surface area (Å²) in [5.74, 6) is -0.415. The summed E-state index contributed by atoms with van der Waals surface area (Å²) in [6.07, 6.45) is -1.92. The highest BCUT2D eigenvalue weighted by Crippen LogP contribution is 2.57. The zero-order chi connectivity index (χ0) is 9.69. The van der Waals surface area contributed by atoms with E-state index in [4.69, 9.17) is 0 Å². The van der Waals surface area contributed by atoms with Crippen molar-refractivity contribution in [3.8, 4) is 0 Å². The molecule has 0 amide bonds. The van der Waals surface area contributed by atoms with Gasteiger partial charge >= 0.3 is 5.97 Å². The van der Waals surface area contributed by atoms with Gasteiger partial charge in [-0.15, -0.1) is 0 Å². The first-order valence-corrected chi connectivity index (χ1v) is 4.16. The largest absolute Gasteiger partial charge is 0.468 e. The Morgan fingerprint density at radius 2 is 2.15 bits per heavy atom. The molecule has 0 radical (unpaired) electrons. The molecule has 0 unspecified atom stereocenters. The highest BCUT2D eigenvalue weighted by Gasteiger charge is 2.69. The second-order valence-electron chi connectivity index (χ2n) is 3.94. The number of hydrogen-bond acceptors (Lipinski definition) is 3. The Morgan fingerprint density at radius 3 is 2.54 bits per heavy atom. The van der Waals surface area contributed by atoms with Crippen LogP contribution in [-0.2, 0) is 9.53 Å². The molecule has 3 aliphatic rings. The maximum absolute atomic E-state index is 12.5. The molecule has 13 heavy (non-hydrogen) atoms. The normalized spacial score (nSPS) is 41.8. The molecule has 0 aromatic carbocycles. The van der Waals surface area contributed by atoms with Crippen molar-refractivity contribution in [1.29, 1.82) is 0 Å². The van der Waals surface area contributed by atoms with Gasteiger partial charge in [-0.3, -0.25) is 4.79 Å². The standard InChI is InChI=1S/C8H11F2NO2/c1-13-6(12)8-2-7(3-8,4-11-8)5(9)10/h5,11H,2-4H2,1H3. The minimum atomic E-state index is -2.35. The van der Waals surface area contributed by atoms with E-state index in [9.17, 15) is 13.6 Å². The molecule has 2 aliphatic heterocycles. The van der Waals surface area contributed by atoms with Gasteiger partial charge in [0.05, 0.1) is 7.11 Å². The van der Waals surface area contributed by atoms with Gasteiger partial charge in [-0.2, -0.15) is 0 Å². The number of carbonyl (C=O) groups is 1. The van der Waals surface area contributed by atoms with Crippen molar-refractivity contribution >= 4 is 5.97 Å². The van der Waals surface area contributed by atoms with Crippen LogP contribution in [0.2, 0.25) is 0 Å². The van der Waals surface area contributed by atoms with Crippen molar-refractivity contribution in [3.05, 3.63) is 0 Å². The number of ether oxygens (including phenoxy) is 1. The van der Waals surface area contributed by atoms with Gasteiger partial charge in [0.2, 0.25) is 6.43 Å². The van der Waals surface area contributed by atoms with Crippen LogP contribution in [0.3, 0.4) is 0 Å². The predicted octanol–water partition coefficient (Wildman–Crippen LogP) is 0.547. The van der Waals surface area contributed by atoms with E-state index in [0.717, 1.165) is 0 Å². The van der Waals surface area contributed by atoms with Gasteiger partial charge in [0.1, 0.15) is 5.54 Å². The van der Waals surface area contributed by atoms with Crippen molar-refractivity contribution in [3.63, 3.8) is 0 Å². The Kier molecular flexibility index (Phi) is 1.64. The van der Waals surface area contributed by atoms with Gasteiger partial charge in [0.15, 0.2) is 0 Å². The monoisotopic (exact) mass is 191 g/mol. The van der Waals surface area contributed by atoms with Crippen molar-refractivity contribution in [2.45, 2.75) is 24.8 Å². The Morgan fingerprint density at radius 1 is 1.54 bits per heavy atom. The number of nitrogens with one attached hydrogen (secondary N) is 1. The van der Waals surface area contributed by atoms with Gasteiger partial charge < -0.3 is 10.1 Å². The second-order valence-corrected chi connectivity index (χ2v) is 3.94. The van der Waals surface area contributed by atoms with Crippen LogP contribution in [0, 0.1) is 5.41 Å². The lowest BCUT2D eigenvalue weighted by Crippen LogP contribution is -2.56. The van der Waals surface area contributed by atoms with Gasteiger partial charge in [-0.05, 0) is 12.8 Å². The molecule has 3 fully saturated rings. The number of halogens is 2. The third kappa shape index (κ3) is 0.935. The fraction of sp³-hybridized carbons (Fsp3) is 0.875. The first-order chi connectivity index (χ1) is 6.05. The lowest BCUT2D eigenvalue weighted by Gasteiger charge is -2.43. The topological polar surface area (TPSA) is 38.3 Å². The third-order valence-corrected chi connectivity index (χ3v) is 3.13. The van der Waals surface area contributed by atoms with Gasteiger partial charge in [0.25, 0.3) is 0 Å². The summed E-state index contributed by atoms with van der Waals surface area (Å²) in [5.41, 5.74) is -1.76. The van der Waals surface area contributed by atoms with Crippen molar-refractivity contribution in [2.75, 3.05) is 13.7 Å². The van der Waals surface area contributed by atoms with Gasteiger partial charge in [-0.25, -0.2) is 8.78 Å². The fourth-order valence-corrected chi connectivity index (χ4v) is 2.39. The van der Waals surface area contributed by atoms with Crippen LogP contribution in [0.4, 0.5) is 8.78 Å². The summed E-state index contributed by atoms with van der Waals surface area (Å²) in [4.78, 5) is 11.2. The summed E-state index contributed by atoms with van der Waals surface area (Å²) in [6.45, 7) is 0.222.